The Hall–Kier alpha value is -0.0800. The van der Waals surface area contributed by atoms with Crippen molar-refractivity contribution in [3.05, 3.63) is 0 Å². The Morgan fingerprint density at radius 2 is 1.10 bits per heavy atom. The molecule has 0 atom stereocenters. The van der Waals surface area contributed by atoms with Crippen LogP contribution in [-0.2, 0) is 4.74 Å². The minimum Gasteiger partial charge on any atom is -0.381 e. The van der Waals surface area contributed by atoms with Crippen LogP contribution < -0.4 is 5.32 Å². The molecule has 0 aromatic carbocycles. The van der Waals surface area contributed by atoms with Gasteiger partial charge in [-0.3, -0.25) is 0 Å². The number of hydrogen-bond acceptors (Lipinski definition) is 2. The molecule has 0 aromatic heterocycles. The Morgan fingerprint density at radius 3 is 1.48 bits per heavy atom. The highest BCUT2D eigenvalue weighted by atomic mass is 16.5. The minimum absolute atomic E-state index is 0.773. The number of hydrogen-bond donors (Lipinski definition) is 1. The minimum atomic E-state index is 0.773. The fraction of sp³-hybridized carbons (Fsp3) is 1.00. The summed E-state index contributed by atoms with van der Waals surface area (Å²) in [4.78, 5) is 0. The molecule has 0 aliphatic rings. The SMILES string of the molecule is CC(C)CCCOCCC(C)C.CC(C)CNCC(C)C. The lowest BCUT2D eigenvalue weighted by atomic mass is 10.1. The van der Waals surface area contributed by atoms with Crippen LogP contribution in [0.5, 0.6) is 0 Å². The summed E-state index contributed by atoms with van der Waals surface area (Å²) in [6, 6.07) is 0. The molecule has 0 radical (unpaired) electrons. The third-order valence-electron chi connectivity index (χ3n) is 3.01. The maximum atomic E-state index is 5.49. The van der Waals surface area contributed by atoms with E-state index in [-0.39, 0.29) is 0 Å². The van der Waals surface area contributed by atoms with Crippen molar-refractivity contribution in [1.29, 1.82) is 0 Å². The first-order valence-corrected chi connectivity index (χ1v) is 9.04. The fourth-order valence-electron chi connectivity index (χ4n) is 1.68. The molecular weight excluding hydrogens is 258 g/mol. The van der Waals surface area contributed by atoms with E-state index in [9.17, 15) is 0 Å². The van der Waals surface area contributed by atoms with Gasteiger partial charge in [-0.05, 0) is 56.0 Å². The van der Waals surface area contributed by atoms with E-state index in [0.29, 0.717) is 0 Å². The summed E-state index contributed by atoms with van der Waals surface area (Å²) in [7, 11) is 0. The molecule has 0 aliphatic carbocycles. The van der Waals surface area contributed by atoms with Gasteiger partial charge in [0.25, 0.3) is 0 Å². The molecule has 1 N–H and O–H groups in total. The lowest BCUT2D eigenvalue weighted by Gasteiger charge is -2.08. The average molecular weight is 302 g/mol. The van der Waals surface area contributed by atoms with E-state index < -0.39 is 0 Å². The summed E-state index contributed by atoms with van der Waals surface area (Å²) in [5.41, 5.74) is 0. The summed E-state index contributed by atoms with van der Waals surface area (Å²) >= 11 is 0. The van der Waals surface area contributed by atoms with E-state index in [2.05, 4.69) is 60.7 Å². The van der Waals surface area contributed by atoms with Gasteiger partial charge in [-0.2, -0.15) is 0 Å². The Bertz CT molecular complexity index is 168. The highest BCUT2D eigenvalue weighted by Gasteiger charge is 1.96. The van der Waals surface area contributed by atoms with Gasteiger partial charge in [-0.25, -0.2) is 0 Å². The maximum absolute atomic E-state index is 5.49. The van der Waals surface area contributed by atoms with Gasteiger partial charge in [0.2, 0.25) is 0 Å². The molecule has 0 unspecified atom stereocenters. The third kappa shape index (κ3) is 28.7. The van der Waals surface area contributed by atoms with Crippen LogP contribution in [0.25, 0.3) is 0 Å². The topological polar surface area (TPSA) is 21.3 Å². The van der Waals surface area contributed by atoms with E-state index in [0.717, 1.165) is 50.0 Å². The molecule has 0 bridgehead atoms. The Kier molecular flexibility index (Phi) is 18.0. The van der Waals surface area contributed by atoms with Gasteiger partial charge < -0.3 is 10.1 Å². The van der Waals surface area contributed by atoms with Gasteiger partial charge in [0.1, 0.15) is 0 Å². The van der Waals surface area contributed by atoms with E-state index in [1.807, 2.05) is 0 Å². The smallest absolute Gasteiger partial charge is 0.0468 e. The van der Waals surface area contributed by atoms with Gasteiger partial charge in [-0.1, -0.05) is 55.4 Å². The highest BCUT2D eigenvalue weighted by Crippen LogP contribution is 2.04. The molecule has 21 heavy (non-hydrogen) atoms. The van der Waals surface area contributed by atoms with Gasteiger partial charge >= 0.3 is 0 Å². The third-order valence-corrected chi connectivity index (χ3v) is 3.01. The standard InChI is InChI=1S/C11H24O.C8H19N/c1-10(2)6-5-8-12-9-7-11(3)4;1-7(2)5-9-6-8(3)4/h10-11H,5-9H2,1-4H3;7-9H,5-6H2,1-4H3. The predicted molar refractivity (Wildman–Crippen MR) is 96.9 cm³/mol. The van der Waals surface area contributed by atoms with Gasteiger partial charge in [0, 0.05) is 13.2 Å². The Morgan fingerprint density at radius 1 is 0.619 bits per heavy atom. The van der Waals surface area contributed by atoms with Gasteiger partial charge in [0.05, 0.1) is 0 Å². The maximum Gasteiger partial charge on any atom is 0.0468 e. The molecule has 0 aliphatic heterocycles. The van der Waals surface area contributed by atoms with Crippen LogP contribution >= 0.6 is 0 Å². The van der Waals surface area contributed by atoms with Crippen LogP contribution in [0, 0.1) is 23.7 Å². The average Bonchev–Trinajstić information content (AvgIpc) is 2.32. The van der Waals surface area contributed by atoms with Crippen molar-refractivity contribution in [3.8, 4) is 0 Å². The highest BCUT2D eigenvalue weighted by molar-refractivity contribution is 4.53. The van der Waals surface area contributed by atoms with Crippen LogP contribution in [0.3, 0.4) is 0 Å². The van der Waals surface area contributed by atoms with E-state index in [4.69, 9.17) is 4.74 Å². The number of nitrogens with one attached hydrogen (secondary N) is 1. The molecule has 0 spiro atoms. The van der Waals surface area contributed by atoms with Crippen LogP contribution in [0.15, 0.2) is 0 Å². The number of ether oxygens (including phenoxy) is 1. The normalized spacial score (nSPS) is 11.4. The van der Waals surface area contributed by atoms with Crippen molar-refractivity contribution in [1.82, 2.24) is 5.32 Å². The van der Waals surface area contributed by atoms with Crippen molar-refractivity contribution in [2.24, 2.45) is 23.7 Å². The lowest BCUT2D eigenvalue weighted by molar-refractivity contribution is 0.118. The van der Waals surface area contributed by atoms with Crippen LogP contribution in [0.2, 0.25) is 0 Å². The zero-order valence-electron chi connectivity index (χ0n) is 16.2. The van der Waals surface area contributed by atoms with Crippen molar-refractivity contribution in [2.45, 2.75) is 74.7 Å². The summed E-state index contributed by atoms with van der Waals surface area (Å²) < 4.78 is 5.49. The molecule has 0 aromatic rings. The zero-order valence-corrected chi connectivity index (χ0v) is 16.2. The molecular formula is C19H43NO. The molecule has 0 saturated heterocycles. The Balaban J connectivity index is 0. The monoisotopic (exact) mass is 301 g/mol. The second-order valence-electron chi connectivity index (χ2n) is 7.78. The predicted octanol–water partition coefficient (Wildman–Crippen LogP) is 5.37. The second-order valence-corrected chi connectivity index (χ2v) is 7.78. The summed E-state index contributed by atoms with van der Waals surface area (Å²) in [6.07, 6.45) is 3.71. The van der Waals surface area contributed by atoms with Crippen molar-refractivity contribution in [3.63, 3.8) is 0 Å². The lowest BCUT2D eigenvalue weighted by Crippen LogP contribution is -2.23. The Labute approximate surface area is 135 Å². The summed E-state index contributed by atoms with van der Waals surface area (Å²) in [5, 5.41) is 3.38. The molecule has 0 amide bonds. The quantitative estimate of drug-likeness (QED) is 0.518. The van der Waals surface area contributed by atoms with Crippen LogP contribution in [0.4, 0.5) is 0 Å². The van der Waals surface area contributed by atoms with Crippen molar-refractivity contribution >= 4 is 0 Å². The molecule has 0 saturated carbocycles. The van der Waals surface area contributed by atoms with Crippen molar-refractivity contribution < 1.29 is 4.74 Å². The van der Waals surface area contributed by atoms with E-state index >= 15 is 0 Å². The second kappa shape index (κ2) is 16.3. The van der Waals surface area contributed by atoms with E-state index in [1.54, 1.807) is 0 Å². The molecule has 2 nitrogen and oxygen atoms in total. The molecule has 0 rings (SSSR count). The first kappa shape index (κ1) is 23.2. The molecule has 0 heterocycles. The van der Waals surface area contributed by atoms with Crippen LogP contribution in [0.1, 0.15) is 74.7 Å². The summed E-state index contributed by atoms with van der Waals surface area (Å²) in [6.45, 7) is 22.1. The summed E-state index contributed by atoms with van der Waals surface area (Å²) in [5.74, 6) is 3.15. The van der Waals surface area contributed by atoms with Crippen molar-refractivity contribution in [2.75, 3.05) is 26.3 Å². The largest absolute Gasteiger partial charge is 0.381 e. The molecule has 2 heteroatoms. The van der Waals surface area contributed by atoms with Crippen LogP contribution in [-0.4, -0.2) is 26.3 Å². The first-order valence-electron chi connectivity index (χ1n) is 9.04. The molecule has 130 valence electrons. The molecule has 0 fully saturated rings. The van der Waals surface area contributed by atoms with E-state index in [1.165, 1.54) is 19.3 Å². The first-order chi connectivity index (χ1) is 9.75. The van der Waals surface area contributed by atoms with Gasteiger partial charge in [-0.15, -0.1) is 0 Å². The zero-order chi connectivity index (χ0) is 16.7. The van der Waals surface area contributed by atoms with Gasteiger partial charge in [0.15, 0.2) is 0 Å². The number of rotatable bonds is 11. The fourth-order valence-corrected chi connectivity index (χ4v) is 1.68.